The molecule has 3 heteroatoms. The number of hydrogen-bond donors (Lipinski definition) is 0. The van der Waals surface area contributed by atoms with Crippen molar-refractivity contribution in [2.24, 2.45) is 0 Å². The fourth-order valence-corrected chi connectivity index (χ4v) is 3.76. The van der Waals surface area contributed by atoms with Gasteiger partial charge in [0.1, 0.15) is 0 Å². The monoisotopic (exact) mass is 258 g/mol. The van der Waals surface area contributed by atoms with Crippen LogP contribution in [0.15, 0.2) is 41.8 Å². The van der Waals surface area contributed by atoms with Gasteiger partial charge in [-0.25, -0.2) is 0 Å². The topological polar surface area (TPSA) is 17.1 Å². The summed E-state index contributed by atoms with van der Waals surface area (Å²) >= 11 is 3.09. The van der Waals surface area contributed by atoms with Crippen molar-refractivity contribution in [2.45, 2.75) is 6.92 Å². The molecule has 0 aliphatic heterocycles. The first-order chi connectivity index (χ1) is 8.25. The Bertz CT molecular complexity index is 658. The molecule has 0 saturated carbocycles. The van der Waals surface area contributed by atoms with Crippen molar-refractivity contribution in [1.82, 2.24) is 0 Å². The first-order valence-electron chi connectivity index (χ1n) is 5.33. The van der Waals surface area contributed by atoms with E-state index in [-0.39, 0.29) is 5.78 Å². The predicted octanol–water partition coefficient (Wildman–Crippen LogP) is 4.50. The summed E-state index contributed by atoms with van der Waals surface area (Å²) in [5.74, 6) is 0.152. The van der Waals surface area contributed by atoms with Crippen molar-refractivity contribution in [3.05, 3.63) is 57.1 Å². The molecule has 0 aliphatic rings. The molecule has 0 atom stereocenters. The highest BCUT2D eigenvalue weighted by Gasteiger charge is 2.15. The van der Waals surface area contributed by atoms with E-state index in [0.29, 0.717) is 0 Å². The number of carbonyl (C=O) groups excluding carboxylic acids is 1. The third kappa shape index (κ3) is 1.81. The molecule has 0 unspecified atom stereocenters. The van der Waals surface area contributed by atoms with Crippen LogP contribution in [0.2, 0.25) is 0 Å². The van der Waals surface area contributed by atoms with Crippen molar-refractivity contribution in [1.29, 1.82) is 0 Å². The summed E-state index contributed by atoms with van der Waals surface area (Å²) < 4.78 is 1.17. The lowest BCUT2D eigenvalue weighted by Gasteiger charge is -1.94. The summed E-state index contributed by atoms with van der Waals surface area (Å²) in [6.07, 6.45) is 0. The average molecular weight is 258 g/mol. The van der Waals surface area contributed by atoms with Crippen LogP contribution in [0, 0.1) is 6.92 Å². The van der Waals surface area contributed by atoms with E-state index >= 15 is 0 Å². The quantitative estimate of drug-likeness (QED) is 0.618. The second-order valence-corrected chi connectivity index (χ2v) is 5.91. The number of carbonyl (C=O) groups is 1. The molecule has 3 rings (SSSR count). The molecular weight excluding hydrogens is 248 g/mol. The lowest BCUT2D eigenvalue weighted by Crippen LogP contribution is -1.96. The molecule has 2 aromatic heterocycles. The van der Waals surface area contributed by atoms with Gasteiger partial charge in [0.2, 0.25) is 5.78 Å². The van der Waals surface area contributed by atoms with Gasteiger partial charge < -0.3 is 0 Å². The lowest BCUT2D eigenvalue weighted by atomic mass is 10.2. The fourth-order valence-electron chi connectivity index (χ4n) is 1.81. The van der Waals surface area contributed by atoms with Crippen molar-refractivity contribution >= 4 is 38.5 Å². The smallest absolute Gasteiger partial charge is 0.213 e. The number of ketones is 1. The average Bonchev–Trinajstić information content (AvgIpc) is 2.93. The van der Waals surface area contributed by atoms with Gasteiger partial charge in [-0.15, -0.1) is 22.7 Å². The Morgan fingerprint density at radius 3 is 2.71 bits per heavy atom. The van der Waals surface area contributed by atoms with Gasteiger partial charge in [0.05, 0.1) is 9.75 Å². The van der Waals surface area contributed by atoms with Crippen LogP contribution in [0.3, 0.4) is 0 Å². The van der Waals surface area contributed by atoms with Crippen LogP contribution in [-0.2, 0) is 0 Å². The van der Waals surface area contributed by atoms with E-state index < -0.39 is 0 Å². The largest absolute Gasteiger partial charge is 0.287 e. The number of hydrogen-bond acceptors (Lipinski definition) is 3. The van der Waals surface area contributed by atoms with Crippen LogP contribution in [0.1, 0.15) is 20.1 Å². The Kier molecular flexibility index (Phi) is 2.57. The summed E-state index contributed by atoms with van der Waals surface area (Å²) in [6.45, 7) is 1.98. The molecule has 84 valence electrons. The molecule has 1 aromatic carbocycles. The molecule has 0 amide bonds. The molecular formula is C14H10OS2. The number of benzene rings is 1. The van der Waals surface area contributed by atoms with Gasteiger partial charge >= 0.3 is 0 Å². The maximum Gasteiger partial charge on any atom is 0.213 e. The molecule has 2 heterocycles. The van der Waals surface area contributed by atoms with Gasteiger partial charge in [0.15, 0.2) is 0 Å². The van der Waals surface area contributed by atoms with E-state index in [1.807, 2.05) is 42.6 Å². The van der Waals surface area contributed by atoms with Crippen LogP contribution >= 0.6 is 22.7 Å². The highest BCUT2D eigenvalue weighted by atomic mass is 32.1. The van der Waals surface area contributed by atoms with E-state index in [9.17, 15) is 4.79 Å². The molecule has 3 aromatic rings. The van der Waals surface area contributed by atoms with Crippen molar-refractivity contribution in [2.75, 3.05) is 0 Å². The summed E-state index contributed by atoms with van der Waals surface area (Å²) in [5.41, 5.74) is 1.07. The van der Waals surface area contributed by atoms with Crippen LogP contribution < -0.4 is 0 Å². The van der Waals surface area contributed by atoms with E-state index in [0.717, 1.165) is 20.7 Å². The van der Waals surface area contributed by atoms with E-state index in [1.54, 1.807) is 11.3 Å². The Morgan fingerprint density at radius 1 is 1.18 bits per heavy atom. The van der Waals surface area contributed by atoms with Gasteiger partial charge in [-0.05, 0) is 41.5 Å². The van der Waals surface area contributed by atoms with Crippen molar-refractivity contribution in [3.63, 3.8) is 0 Å². The molecule has 0 saturated heterocycles. The number of thiophene rings is 2. The minimum absolute atomic E-state index is 0.152. The van der Waals surface area contributed by atoms with Gasteiger partial charge in [0.25, 0.3) is 0 Å². The molecule has 0 N–H and O–H groups in total. The van der Waals surface area contributed by atoms with Gasteiger partial charge in [0, 0.05) is 4.70 Å². The van der Waals surface area contributed by atoms with Gasteiger partial charge in [-0.2, -0.15) is 0 Å². The fraction of sp³-hybridized carbons (Fsp3) is 0.0714. The zero-order valence-corrected chi connectivity index (χ0v) is 10.9. The predicted molar refractivity (Wildman–Crippen MR) is 74.3 cm³/mol. The molecule has 0 radical (unpaired) electrons. The zero-order chi connectivity index (χ0) is 11.8. The molecule has 1 nitrogen and oxygen atoms in total. The number of fused-ring (bicyclic) bond motifs is 1. The normalized spacial score (nSPS) is 10.9. The zero-order valence-electron chi connectivity index (χ0n) is 9.27. The Labute approximate surface area is 107 Å². The Hall–Kier alpha value is -1.45. The van der Waals surface area contributed by atoms with E-state index in [4.69, 9.17) is 0 Å². The van der Waals surface area contributed by atoms with Gasteiger partial charge in [-0.1, -0.05) is 18.2 Å². The third-order valence-corrected chi connectivity index (χ3v) is 4.85. The van der Waals surface area contributed by atoms with Crippen LogP contribution in [0.4, 0.5) is 0 Å². The van der Waals surface area contributed by atoms with Gasteiger partial charge in [-0.3, -0.25) is 4.79 Å². The van der Waals surface area contributed by atoms with E-state index in [2.05, 4.69) is 6.07 Å². The summed E-state index contributed by atoms with van der Waals surface area (Å²) in [7, 11) is 0. The van der Waals surface area contributed by atoms with Crippen LogP contribution in [0.5, 0.6) is 0 Å². The maximum absolute atomic E-state index is 12.3. The minimum atomic E-state index is 0.152. The highest BCUT2D eigenvalue weighted by molar-refractivity contribution is 7.22. The SMILES string of the molecule is Cc1ccsc1C(=O)c1cc2ccccc2s1. The first kappa shape index (κ1) is 10.7. The molecule has 0 fully saturated rings. The molecule has 0 spiro atoms. The lowest BCUT2D eigenvalue weighted by molar-refractivity contribution is 0.104. The van der Waals surface area contributed by atoms with Crippen molar-refractivity contribution in [3.8, 4) is 0 Å². The Balaban J connectivity index is 2.10. The second kappa shape index (κ2) is 4.09. The van der Waals surface area contributed by atoms with Crippen LogP contribution in [-0.4, -0.2) is 5.78 Å². The highest BCUT2D eigenvalue weighted by Crippen LogP contribution is 2.29. The number of rotatable bonds is 2. The van der Waals surface area contributed by atoms with Crippen molar-refractivity contribution < 1.29 is 4.79 Å². The first-order valence-corrected chi connectivity index (χ1v) is 7.03. The standard InChI is InChI=1S/C14H10OS2/c1-9-6-7-16-14(9)13(15)12-8-10-4-2-3-5-11(10)17-12/h2-8H,1H3. The van der Waals surface area contributed by atoms with Crippen LogP contribution in [0.25, 0.3) is 10.1 Å². The summed E-state index contributed by atoms with van der Waals surface area (Å²) in [6, 6.07) is 12.1. The molecule has 17 heavy (non-hydrogen) atoms. The number of aryl methyl sites for hydroxylation is 1. The summed E-state index contributed by atoms with van der Waals surface area (Å²) in [5, 5.41) is 3.12. The third-order valence-electron chi connectivity index (χ3n) is 2.72. The summed E-state index contributed by atoms with van der Waals surface area (Å²) in [4.78, 5) is 14.0. The second-order valence-electron chi connectivity index (χ2n) is 3.91. The molecule has 0 bridgehead atoms. The minimum Gasteiger partial charge on any atom is -0.287 e. The maximum atomic E-state index is 12.3. The Morgan fingerprint density at radius 2 is 2.00 bits per heavy atom. The molecule has 0 aliphatic carbocycles. The van der Waals surface area contributed by atoms with E-state index in [1.165, 1.54) is 16.0 Å².